The summed E-state index contributed by atoms with van der Waals surface area (Å²) in [7, 11) is 0. The van der Waals surface area contributed by atoms with Crippen molar-refractivity contribution in [2.75, 3.05) is 0 Å². The molecule has 2 heteroatoms. The van der Waals surface area contributed by atoms with Gasteiger partial charge in [0.15, 0.2) is 5.78 Å². The van der Waals surface area contributed by atoms with Gasteiger partial charge < -0.3 is 5.73 Å². The standard InChI is InChI=1S/C13H17NO/c1-8-3-6-11(9(2)7-8)13(15)12(14)10-4-5-10/h3,6-7,10,12H,4-5,14H2,1-2H3. The van der Waals surface area contributed by atoms with Crippen molar-refractivity contribution in [2.24, 2.45) is 11.7 Å². The largest absolute Gasteiger partial charge is 0.321 e. The normalized spacial score (nSPS) is 17.5. The highest BCUT2D eigenvalue weighted by Gasteiger charge is 2.33. The summed E-state index contributed by atoms with van der Waals surface area (Å²) in [6.45, 7) is 4.00. The lowest BCUT2D eigenvalue weighted by Gasteiger charge is -2.11. The molecule has 1 aliphatic rings. The number of hydrogen-bond donors (Lipinski definition) is 1. The van der Waals surface area contributed by atoms with Crippen LogP contribution >= 0.6 is 0 Å². The predicted octanol–water partition coefficient (Wildman–Crippen LogP) is 2.22. The average molecular weight is 203 g/mol. The van der Waals surface area contributed by atoms with Crippen molar-refractivity contribution in [3.05, 3.63) is 34.9 Å². The van der Waals surface area contributed by atoms with E-state index in [1.807, 2.05) is 32.0 Å². The Hall–Kier alpha value is -1.15. The highest BCUT2D eigenvalue weighted by Crippen LogP contribution is 2.33. The molecule has 2 nitrogen and oxygen atoms in total. The summed E-state index contributed by atoms with van der Waals surface area (Å²) in [5, 5.41) is 0. The molecule has 1 aliphatic carbocycles. The molecule has 0 heterocycles. The highest BCUT2D eigenvalue weighted by molar-refractivity contribution is 6.01. The van der Waals surface area contributed by atoms with Crippen molar-refractivity contribution in [3.8, 4) is 0 Å². The first-order valence-corrected chi connectivity index (χ1v) is 5.46. The van der Waals surface area contributed by atoms with Crippen molar-refractivity contribution in [2.45, 2.75) is 32.7 Å². The van der Waals surface area contributed by atoms with Crippen molar-refractivity contribution in [1.29, 1.82) is 0 Å². The molecule has 0 spiro atoms. The predicted molar refractivity (Wildman–Crippen MR) is 60.9 cm³/mol. The summed E-state index contributed by atoms with van der Waals surface area (Å²) in [6, 6.07) is 5.62. The number of rotatable bonds is 3. The Morgan fingerprint density at radius 1 is 1.40 bits per heavy atom. The molecule has 2 N–H and O–H groups in total. The van der Waals surface area contributed by atoms with E-state index in [0.29, 0.717) is 5.92 Å². The maximum atomic E-state index is 12.0. The molecule has 1 aromatic rings. The lowest BCUT2D eigenvalue weighted by atomic mass is 9.96. The molecule has 0 saturated heterocycles. The molecule has 0 amide bonds. The Morgan fingerprint density at radius 2 is 2.07 bits per heavy atom. The highest BCUT2D eigenvalue weighted by atomic mass is 16.1. The summed E-state index contributed by atoms with van der Waals surface area (Å²) in [5.74, 6) is 0.535. The SMILES string of the molecule is Cc1ccc(C(=O)C(N)C2CC2)c(C)c1. The Bertz CT molecular complexity index is 394. The maximum absolute atomic E-state index is 12.0. The van der Waals surface area contributed by atoms with Crippen LogP contribution < -0.4 is 5.73 Å². The van der Waals surface area contributed by atoms with E-state index in [4.69, 9.17) is 5.73 Å². The van der Waals surface area contributed by atoms with Crippen LogP contribution in [0.15, 0.2) is 18.2 Å². The molecule has 0 bridgehead atoms. The fourth-order valence-electron chi connectivity index (χ4n) is 1.94. The third kappa shape index (κ3) is 2.10. The van der Waals surface area contributed by atoms with Crippen LogP contribution in [-0.2, 0) is 0 Å². The second-order valence-electron chi connectivity index (χ2n) is 4.55. The van der Waals surface area contributed by atoms with Crippen LogP contribution in [0.3, 0.4) is 0 Å². The number of aryl methyl sites for hydroxylation is 2. The van der Waals surface area contributed by atoms with Gasteiger partial charge in [-0.1, -0.05) is 23.8 Å². The van der Waals surface area contributed by atoms with Gasteiger partial charge in [0.1, 0.15) is 0 Å². The molecular formula is C13H17NO. The number of nitrogens with two attached hydrogens (primary N) is 1. The Kier molecular flexibility index (Phi) is 2.61. The first-order chi connectivity index (χ1) is 7.09. The first-order valence-electron chi connectivity index (χ1n) is 5.46. The molecule has 80 valence electrons. The van der Waals surface area contributed by atoms with Crippen LogP contribution in [0.1, 0.15) is 34.3 Å². The van der Waals surface area contributed by atoms with E-state index in [1.54, 1.807) is 0 Å². The third-order valence-electron chi connectivity index (χ3n) is 3.08. The fraction of sp³-hybridized carbons (Fsp3) is 0.462. The second kappa shape index (κ2) is 3.78. The zero-order valence-electron chi connectivity index (χ0n) is 9.29. The minimum Gasteiger partial charge on any atom is -0.321 e. The van der Waals surface area contributed by atoms with Gasteiger partial charge in [0, 0.05) is 5.56 Å². The molecule has 15 heavy (non-hydrogen) atoms. The Labute approximate surface area is 90.5 Å². The van der Waals surface area contributed by atoms with Crippen LogP contribution in [0.2, 0.25) is 0 Å². The van der Waals surface area contributed by atoms with Gasteiger partial charge in [-0.05, 0) is 38.2 Å². The van der Waals surface area contributed by atoms with E-state index in [0.717, 1.165) is 24.0 Å². The van der Waals surface area contributed by atoms with Gasteiger partial charge in [-0.15, -0.1) is 0 Å². The van der Waals surface area contributed by atoms with E-state index in [1.165, 1.54) is 5.56 Å². The van der Waals surface area contributed by atoms with Crippen molar-refractivity contribution >= 4 is 5.78 Å². The number of benzene rings is 1. The molecule has 1 unspecified atom stereocenters. The van der Waals surface area contributed by atoms with Crippen molar-refractivity contribution < 1.29 is 4.79 Å². The number of carbonyl (C=O) groups excluding carboxylic acids is 1. The lowest BCUT2D eigenvalue weighted by Crippen LogP contribution is -2.33. The lowest BCUT2D eigenvalue weighted by molar-refractivity contribution is 0.0951. The van der Waals surface area contributed by atoms with E-state index < -0.39 is 0 Å². The smallest absolute Gasteiger partial charge is 0.180 e. The van der Waals surface area contributed by atoms with Gasteiger partial charge in [-0.2, -0.15) is 0 Å². The quantitative estimate of drug-likeness (QED) is 0.765. The van der Waals surface area contributed by atoms with Gasteiger partial charge in [0.05, 0.1) is 6.04 Å². The zero-order chi connectivity index (χ0) is 11.0. The minimum atomic E-state index is -0.286. The van der Waals surface area contributed by atoms with Crippen LogP contribution in [-0.4, -0.2) is 11.8 Å². The van der Waals surface area contributed by atoms with Crippen molar-refractivity contribution in [3.63, 3.8) is 0 Å². The van der Waals surface area contributed by atoms with Gasteiger partial charge in [0.25, 0.3) is 0 Å². The molecule has 1 aromatic carbocycles. The molecule has 0 aromatic heterocycles. The van der Waals surface area contributed by atoms with Gasteiger partial charge in [-0.3, -0.25) is 4.79 Å². The van der Waals surface area contributed by atoms with Crippen LogP contribution in [0, 0.1) is 19.8 Å². The Morgan fingerprint density at radius 3 is 2.60 bits per heavy atom. The van der Waals surface area contributed by atoms with Crippen LogP contribution in [0.5, 0.6) is 0 Å². The fourth-order valence-corrected chi connectivity index (χ4v) is 1.94. The third-order valence-corrected chi connectivity index (χ3v) is 3.08. The first kappa shape index (κ1) is 10.4. The van der Waals surface area contributed by atoms with Gasteiger partial charge >= 0.3 is 0 Å². The summed E-state index contributed by atoms with van der Waals surface area (Å²) in [6.07, 6.45) is 2.22. The molecular weight excluding hydrogens is 186 g/mol. The van der Waals surface area contributed by atoms with Crippen molar-refractivity contribution in [1.82, 2.24) is 0 Å². The van der Waals surface area contributed by atoms with E-state index in [-0.39, 0.29) is 11.8 Å². The zero-order valence-corrected chi connectivity index (χ0v) is 9.29. The van der Waals surface area contributed by atoms with Gasteiger partial charge in [-0.25, -0.2) is 0 Å². The summed E-state index contributed by atoms with van der Waals surface area (Å²) >= 11 is 0. The van der Waals surface area contributed by atoms with E-state index in [9.17, 15) is 4.79 Å². The summed E-state index contributed by atoms with van der Waals surface area (Å²) < 4.78 is 0. The van der Waals surface area contributed by atoms with Gasteiger partial charge in [0.2, 0.25) is 0 Å². The summed E-state index contributed by atoms with van der Waals surface area (Å²) in [4.78, 5) is 12.0. The number of carbonyl (C=O) groups is 1. The maximum Gasteiger partial charge on any atom is 0.180 e. The number of hydrogen-bond acceptors (Lipinski definition) is 2. The van der Waals surface area contributed by atoms with Crippen LogP contribution in [0.25, 0.3) is 0 Å². The molecule has 2 rings (SSSR count). The topological polar surface area (TPSA) is 43.1 Å². The molecule has 0 aliphatic heterocycles. The number of ketones is 1. The Balaban J connectivity index is 2.24. The molecule has 1 atom stereocenters. The molecule has 1 saturated carbocycles. The molecule has 0 radical (unpaired) electrons. The van der Waals surface area contributed by atoms with E-state index in [2.05, 4.69) is 0 Å². The summed E-state index contributed by atoms with van der Waals surface area (Å²) in [5.41, 5.74) is 8.93. The average Bonchev–Trinajstić information content (AvgIpc) is 2.99. The minimum absolute atomic E-state index is 0.106. The number of Topliss-reactive ketones (excluding diaryl/α,β-unsaturated/α-hetero) is 1. The molecule has 1 fully saturated rings. The van der Waals surface area contributed by atoms with E-state index >= 15 is 0 Å². The monoisotopic (exact) mass is 203 g/mol. The van der Waals surface area contributed by atoms with Crippen LogP contribution in [0.4, 0.5) is 0 Å². The second-order valence-corrected chi connectivity index (χ2v) is 4.55.